The molecule has 0 saturated carbocycles. The molecule has 96 valence electrons. The SMILES string of the molecule is CCC(N)(CC)CNC(=O)CCOC(C)C. The normalized spacial score (nSPS) is 11.9. The zero-order valence-corrected chi connectivity index (χ0v) is 11.0. The quantitative estimate of drug-likeness (QED) is 0.663. The third-order valence-corrected chi connectivity index (χ3v) is 2.83. The van der Waals surface area contributed by atoms with Crippen LogP contribution >= 0.6 is 0 Å². The summed E-state index contributed by atoms with van der Waals surface area (Å²) < 4.78 is 5.31. The molecule has 0 unspecified atom stereocenters. The molecule has 16 heavy (non-hydrogen) atoms. The number of carbonyl (C=O) groups is 1. The van der Waals surface area contributed by atoms with Gasteiger partial charge in [0.25, 0.3) is 0 Å². The van der Waals surface area contributed by atoms with E-state index in [1.807, 2.05) is 27.7 Å². The van der Waals surface area contributed by atoms with Gasteiger partial charge in [-0.3, -0.25) is 4.79 Å². The van der Waals surface area contributed by atoms with Crippen LogP contribution < -0.4 is 11.1 Å². The van der Waals surface area contributed by atoms with E-state index in [2.05, 4.69) is 5.32 Å². The first-order chi connectivity index (χ1) is 7.43. The molecular formula is C12H26N2O2. The van der Waals surface area contributed by atoms with Crippen LogP contribution in [0.2, 0.25) is 0 Å². The van der Waals surface area contributed by atoms with Crippen molar-refractivity contribution in [2.45, 2.75) is 58.6 Å². The van der Waals surface area contributed by atoms with Crippen LogP contribution in [0.15, 0.2) is 0 Å². The summed E-state index contributed by atoms with van der Waals surface area (Å²) in [6, 6.07) is 0. The minimum absolute atomic E-state index is 0.0115. The van der Waals surface area contributed by atoms with E-state index in [-0.39, 0.29) is 17.6 Å². The third kappa shape index (κ3) is 6.80. The van der Waals surface area contributed by atoms with Crippen molar-refractivity contribution in [1.29, 1.82) is 0 Å². The molecule has 3 N–H and O–H groups in total. The molecule has 0 spiro atoms. The molecule has 0 aromatic carbocycles. The highest BCUT2D eigenvalue weighted by Crippen LogP contribution is 2.09. The van der Waals surface area contributed by atoms with Gasteiger partial charge in [-0.1, -0.05) is 13.8 Å². The van der Waals surface area contributed by atoms with Crippen LogP contribution in [-0.4, -0.2) is 30.7 Å². The van der Waals surface area contributed by atoms with Gasteiger partial charge in [-0.2, -0.15) is 0 Å². The van der Waals surface area contributed by atoms with E-state index in [4.69, 9.17) is 10.5 Å². The first-order valence-electron chi connectivity index (χ1n) is 6.10. The fourth-order valence-electron chi connectivity index (χ4n) is 1.25. The Hall–Kier alpha value is -0.610. The summed E-state index contributed by atoms with van der Waals surface area (Å²) in [5, 5.41) is 2.85. The Morgan fingerprint density at radius 2 is 1.94 bits per heavy atom. The minimum Gasteiger partial charge on any atom is -0.378 e. The molecular weight excluding hydrogens is 204 g/mol. The molecule has 0 aromatic heterocycles. The average Bonchev–Trinajstić information content (AvgIpc) is 2.25. The standard InChI is InChI=1S/C12H26N2O2/c1-5-12(13,6-2)9-14-11(15)7-8-16-10(3)4/h10H,5-9,13H2,1-4H3,(H,14,15). The molecule has 0 rings (SSSR count). The maximum absolute atomic E-state index is 11.5. The molecule has 1 amide bonds. The summed E-state index contributed by atoms with van der Waals surface area (Å²) in [7, 11) is 0. The smallest absolute Gasteiger partial charge is 0.222 e. The molecule has 0 bridgehead atoms. The van der Waals surface area contributed by atoms with Gasteiger partial charge >= 0.3 is 0 Å². The van der Waals surface area contributed by atoms with Gasteiger partial charge < -0.3 is 15.8 Å². The predicted octanol–water partition coefficient (Wildman–Crippen LogP) is 1.44. The zero-order valence-electron chi connectivity index (χ0n) is 11.0. The van der Waals surface area contributed by atoms with E-state index < -0.39 is 0 Å². The van der Waals surface area contributed by atoms with Crippen molar-refractivity contribution in [1.82, 2.24) is 5.32 Å². The Kier molecular flexibility index (Phi) is 7.34. The van der Waals surface area contributed by atoms with E-state index in [1.165, 1.54) is 0 Å². The number of rotatable bonds is 8. The molecule has 0 radical (unpaired) electrons. The largest absolute Gasteiger partial charge is 0.378 e. The fraction of sp³-hybridized carbons (Fsp3) is 0.917. The van der Waals surface area contributed by atoms with Crippen LogP contribution in [0.5, 0.6) is 0 Å². The number of nitrogens with two attached hydrogens (primary N) is 1. The Balaban J connectivity index is 3.72. The lowest BCUT2D eigenvalue weighted by molar-refractivity contribution is -0.122. The summed E-state index contributed by atoms with van der Waals surface area (Å²) in [5.41, 5.74) is 5.81. The zero-order chi connectivity index (χ0) is 12.6. The van der Waals surface area contributed by atoms with Crippen molar-refractivity contribution in [3.8, 4) is 0 Å². The van der Waals surface area contributed by atoms with Gasteiger partial charge in [0, 0.05) is 18.5 Å². The van der Waals surface area contributed by atoms with Crippen LogP contribution in [0.25, 0.3) is 0 Å². The van der Waals surface area contributed by atoms with E-state index in [1.54, 1.807) is 0 Å². The topological polar surface area (TPSA) is 64.3 Å². The molecule has 0 heterocycles. The summed E-state index contributed by atoms with van der Waals surface area (Å²) >= 11 is 0. The monoisotopic (exact) mass is 230 g/mol. The summed E-state index contributed by atoms with van der Waals surface area (Å²) in [6.45, 7) is 9.00. The Morgan fingerprint density at radius 3 is 2.38 bits per heavy atom. The summed E-state index contributed by atoms with van der Waals surface area (Å²) in [6.07, 6.45) is 2.31. The molecule has 4 heteroatoms. The molecule has 0 aromatic rings. The third-order valence-electron chi connectivity index (χ3n) is 2.83. The van der Waals surface area contributed by atoms with Gasteiger partial charge in [-0.25, -0.2) is 0 Å². The van der Waals surface area contributed by atoms with Gasteiger partial charge in [-0.15, -0.1) is 0 Å². The predicted molar refractivity (Wildman–Crippen MR) is 66.2 cm³/mol. The van der Waals surface area contributed by atoms with Crippen LogP contribution in [0.1, 0.15) is 47.0 Å². The highest BCUT2D eigenvalue weighted by Gasteiger charge is 2.20. The summed E-state index contributed by atoms with van der Waals surface area (Å²) in [5.74, 6) is 0.0115. The van der Waals surface area contributed by atoms with Gasteiger partial charge in [0.2, 0.25) is 5.91 Å². The van der Waals surface area contributed by atoms with Crippen molar-refractivity contribution in [3.05, 3.63) is 0 Å². The van der Waals surface area contributed by atoms with E-state index in [0.29, 0.717) is 19.6 Å². The van der Waals surface area contributed by atoms with E-state index >= 15 is 0 Å². The first kappa shape index (κ1) is 15.4. The van der Waals surface area contributed by atoms with Crippen LogP contribution in [-0.2, 0) is 9.53 Å². The van der Waals surface area contributed by atoms with Crippen molar-refractivity contribution in [2.75, 3.05) is 13.2 Å². The number of nitrogens with one attached hydrogen (secondary N) is 1. The fourth-order valence-corrected chi connectivity index (χ4v) is 1.25. The van der Waals surface area contributed by atoms with Crippen molar-refractivity contribution in [2.24, 2.45) is 5.73 Å². The highest BCUT2D eigenvalue weighted by atomic mass is 16.5. The number of hydrogen-bond acceptors (Lipinski definition) is 3. The molecule has 0 aliphatic carbocycles. The van der Waals surface area contributed by atoms with Crippen molar-refractivity contribution in [3.63, 3.8) is 0 Å². The second-order valence-electron chi connectivity index (χ2n) is 4.52. The Labute approximate surface area is 98.9 Å². The Morgan fingerprint density at radius 1 is 1.38 bits per heavy atom. The molecule has 0 saturated heterocycles. The average molecular weight is 230 g/mol. The van der Waals surface area contributed by atoms with Gasteiger partial charge in [0.05, 0.1) is 12.7 Å². The number of hydrogen-bond donors (Lipinski definition) is 2. The first-order valence-corrected chi connectivity index (χ1v) is 6.10. The molecule has 0 atom stereocenters. The summed E-state index contributed by atoms with van der Waals surface area (Å²) in [4.78, 5) is 11.5. The minimum atomic E-state index is -0.269. The molecule has 4 nitrogen and oxygen atoms in total. The van der Waals surface area contributed by atoms with E-state index in [0.717, 1.165) is 12.8 Å². The molecule has 0 aliphatic heterocycles. The van der Waals surface area contributed by atoms with Crippen molar-refractivity contribution >= 4 is 5.91 Å². The Bertz CT molecular complexity index is 201. The maximum atomic E-state index is 11.5. The number of carbonyl (C=O) groups excluding carboxylic acids is 1. The van der Waals surface area contributed by atoms with Crippen molar-refractivity contribution < 1.29 is 9.53 Å². The maximum Gasteiger partial charge on any atom is 0.222 e. The lowest BCUT2D eigenvalue weighted by atomic mass is 9.94. The second kappa shape index (κ2) is 7.63. The number of ether oxygens (including phenoxy) is 1. The second-order valence-corrected chi connectivity index (χ2v) is 4.52. The number of amides is 1. The lowest BCUT2D eigenvalue weighted by Crippen LogP contribution is -2.49. The molecule has 0 aliphatic rings. The van der Waals surface area contributed by atoms with Gasteiger partial charge in [0.1, 0.15) is 0 Å². The van der Waals surface area contributed by atoms with Crippen LogP contribution in [0.4, 0.5) is 0 Å². The molecule has 0 fully saturated rings. The van der Waals surface area contributed by atoms with Gasteiger partial charge in [0.15, 0.2) is 0 Å². The highest BCUT2D eigenvalue weighted by molar-refractivity contribution is 5.76. The van der Waals surface area contributed by atoms with Gasteiger partial charge in [-0.05, 0) is 26.7 Å². The van der Waals surface area contributed by atoms with E-state index in [9.17, 15) is 4.79 Å². The lowest BCUT2D eigenvalue weighted by Gasteiger charge is -2.26. The van der Waals surface area contributed by atoms with Crippen LogP contribution in [0, 0.1) is 0 Å². The van der Waals surface area contributed by atoms with Crippen LogP contribution in [0.3, 0.4) is 0 Å².